The minimum atomic E-state index is -0.439. The van der Waals surface area contributed by atoms with Crippen molar-refractivity contribution in [3.05, 3.63) is 22.3 Å². The van der Waals surface area contributed by atoms with Gasteiger partial charge in [-0.05, 0) is 48.8 Å². The lowest BCUT2D eigenvalue weighted by Crippen LogP contribution is -2.46. The Kier molecular flexibility index (Phi) is 6.18. The third kappa shape index (κ3) is 4.50. The van der Waals surface area contributed by atoms with Crippen LogP contribution < -0.4 is 5.32 Å². The Balaban J connectivity index is 1.70. The van der Waals surface area contributed by atoms with Gasteiger partial charge in [-0.25, -0.2) is 0 Å². The lowest BCUT2D eigenvalue weighted by Gasteiger charge is -2.40. The minimum absolute atomic E-state index is 0.0523. The highest BCUT2D eigenvalue weighted by atomic mass is 32.1. The highest BCUT2D eigenvalue weighted by Gasteiger charge is 2.35. The summed E-state index contributed by atoms with van der Waals surface area (Å²) in [6, 6.07) is 3.50. The topological polar surface area (TPSA) is 71.9 Å². The first-order valence-electron chi connectivity index (χ1n) is 9.39. The zero-order chi connectivity index (χ0) is 19.6. The fourth-order valence-electron chi connectivity index (χ4n) is 3.75. The minimum Gasteiger partial charge on any atom is -0.377 e. The van der Waals surface area contributed by atoms with Crippen LogP contribution in [0.4, 0.5) is 0 Å². The molecule has 0 spiro atoms. The normalized spacial score (nSPS) is 21.8. The van der Waals surface area contributed by atoms with E-state index >= 15 is 0 Å². The van der Waals surface area contributed by atoms with Crippen LogP contribution >= 0.6 is 23.6 Å². The van der Waals surface area contributed by atoms with Crippen LogP contribution in [-0.4, -0.2) is 39.9 Å². The van der Waals surface area contributed by atoms with Gasteiger partial charge in [-0.1, -0.05) is 26.8 Å². The molecule has 0 saturated carbocycles. The number of nitrogens with zero attached hydrogens (tertiary/aromatic N) is 2. The van der Waals surface area contributed by atoms with E-state index in [2.05, 4.69) is 36.3 Å². The molecule has 0 radical (unpaired) electrons. The molecule has 1 fully saturated rings. The molecule has 0 aliphatic carbocycles. The second kappa shape index (κ2) is 8.24. The average Bonchev–Trinajstić information content (AvgIpc) is 3.28. The third-order valence-electron chi connectivity index (χ3n) is 5.05. The zero-order valence-electron chi connectivity index (χ0n) is 16.3. The fourth-order valence-corrected chi connectivity index (χ4v) is 4.75. The second-order valence-electron chi connectivity index (χ2n) is 8.18. The average molecular weight is 409 g/mol. The summed E-state index contributed by atoms with van der Waals surface area (Å²) in [6.45, 7) is 9.85. The van der Waals surface area contributed by atoms with E-state index in [1.807, 2.05) is 24.4 Å². The van der Waals surface area contributed by atoms with Crippen molar-refractivity contribution < 1.29 is 9.53 Å². The van der Waals surface area contributed by atoms with Gasteiger partial charge in [0.15, 0.2) is 10.6 Å². The van der Waals surface area contributed by atoms with E-state index in [4.69, 9.17) is 17.0 Å². The highest BCUT2D eigenvalue weighted by molar-refractivity contribution is 7.71. The van der Waals surface area contributed by atoms with E-state index in [0.29, 0.717) is 23.1 Å². The number of amides is 1. The molecule has 3 heterocycles. The van der Waals surface area contributed by atoms with Crippen LogP contribution in [0.3, 0.4) is 0 Å². The molecule has 3 rings (SSSR count). The maximum absolute atomic E-state index is 12.9. The quantitative estimate of drug-likeness (QED) is 0.728. The van der Waals surface area contributed by atoms with Crippen molar-refractivity contribution in [3.8, 4) is 10.7 Å². The van der Waals surface area contributed by atoms with Gasteiger partial charge in [-0.15, -0.1) is 11.3 Å². The highest BCUT2D eigenvalue weighted by Crippen LogP contribution is 2.34. The summed E-state index contributed by atoms with van der Waals surface area (Å²) < 4.78 is 8.26. The van der Waals surface area contributed by atoms with Crippen molar-refractivity contribution in [2.75, 3.05) is 13.2 Å². The predicted molar refractivity (Wildman–Crippen MR) is 110 cm³/mol. The Morgan fingerprint density at radius 3 is 3.00 bits per heavy atom. The maximum Gasteiger partial charge on any atom is 0.242 e. The second-order valence-corrected chi connectivity index (χ2v) is 9.51. The molecule has 1 aliphatic heterocycles. The van der Waals surface area contributed by atoms with Crippen LogP contribution in [0.15, 0.2) is 17.5 Å². The van der Waals surface area contributed by atoms with E-state index in [9.17, 15) is 4.79 Å². The molecule has 2 aromatic rings. The molecule has 2 N–H and O–H groups in total. The molecule has 148 valence electrons. The van der Waals surface area contributed by atoms with Crippen molar-refractivity contribution in [1.29, 1.82) is 0 Å². The van der Waals surface area contributed by atoms with Crippen molar-refractivity contribution in [1.82, 2.24) is 20.1 Å². The van der Waals surface area contributed by atoms with Crippen LogP contribution in [-0.2, 0) is 9.53 Å². The summed E-state index contributed by atoms with van der Waals surface area (Å²) in [7, 11) is 0. The van der Waals surface area contributed by atoms with Gasteiger partial charge in [0.25, 0.3) is 0 Å². The van der Waals surface area contributed by atoms with E-state index in [1.54, 1.807) is 15.9 Å². The van der Waals surface area contributed by atoms with Crippen molar-refractivity contribution in [3.63, 3.8) is 0 Å². The molecule has 1 aliphatic rings. The summed E-state index contributed by atoms with van der Waals surface area (Å²) in [6.07, 6.45) is 2.26. The molecule has 0 aromatic carbocycles. The Labute approximate surface area is 169 Å². The number of aromatic nitrogens is 3. The van der Waals surface area contributed by atoms with Gasteiger partial charge in [-0.2, -0.15) is 5.10 Å². The molecule has 3 atom stereocenters. The molecule has 3 unspecified atom stereocenters. The molecular weight excluding hydrogens is 380 g/mol. The van der Waals surface area contributed by atoms with Gasteiger partial charge in [0.05, 0.1) is 11.0 Å². The molecular formula is C19H28N4O2S2. The number of nitrogens with one attached hydrogen (secondary N) is 2. The number of hydrogen-bond donors (Lipinski definition) is 2. The standard InChI is InChI=1S/C19H28N4O2S2/c1-12(23-16(21-22-18(23)26)14-8-6-10-27-14)17(24)20-11-13-7-5-9-25-15(13)19(2,3)4/h6,8,10,12-13,15H,5,7,9,11H2,1-4H3,(H,20,24)(H,22,26). The molecule has 1 amide bonds. The van der Waals surface area contributed by atoms with Gasteiger partial charge < -0.3 is 10.1 Å². The Morgan fingerprint density at radius 1 is 1.56 bits per heavy atom. The number of ether oxygens (including phenoxy) is 1. The predicted octanol–water partition coefficient (Wildman–Crippen LogP) is 4.19. The number of rotatable bonds is 5. The van der Waals surface area contributed by atoms with Gasteiger partial charge >= 0.3 is 0 Å². The monoisotopic (exact) mass is 408 g/mol. The van der Waals surface area contributed by atoms with Crippen LogP contribution in [0.1, 0.15) is 46.6 Å². The number of carbonyl (C=O) groups is 1. The van der Waals surface area contributed by atoms with Crippen molar-refractivity contribution in [2.45, 2.75) is 52.7 Å². The van der Waals surface area contributed by atoms with E-state index in [1.165, 1.54) is 0 Å². The van der Waals surface area contributed by atoms with Crippen LogP contribution in [0.25, 0.3) is 10.7 Å². The first kappa shape index (κ1) is 20.2. The molecule has 8 heteroatoms. The summed E-state index contributed by atoms with van der Waals surface area (Å²) in [5, 5.41) is 12.2. The number of hydrogen-bond acceptors (Lipinski definition) is 5. The Hall–Kier alpha value is -1.51. The fraction of sp³-hybridized carbons (Fsp3) is 0.632. The number of carbonyl (C=O) groups excluding carboxylic acids is 1. The van der Waals surface area contributed by atoms with Crippen LogP contribution in [0.5, 0.6) is 0 Å². The Bertz CT molecular complexity index is 820. The third-order valence-corrected chi connectivity index (χ3v) is 6.20. The number of thiophene rings is 1. The van der Waals surface area contributed by atoms with Crippen molar-refractivity contribution >= 4 is 29.5 Å². The molecule has 1 saturated heterocycles. The van der Waals surface area contributed by atoms with E-state index < -0.39 is 6.04 Å². The zero-order valence-corrected chi connectivity index (χ0v) is 18.0. The van der Waals surface area contributed by atoms with Gasteiger partial charge in [0.2, 0.25) is 5.91 Å². The lowest BCUT2D eigenvalue weighted by atomic mass is 9.78. The van der Waals surface area contributed by atoms with Gasteiger partial charge in [0.1, 0.15) is 6.04 Å². The largest absolute Gasteiger partial charge is 0.377 e. The number of H-pyrrole nitrogens is 1. The Morgan fingerprint density at radius 2 is 2.33 bits per heavy atom. The van der Waals surface area contributed by atoms with E-state index in [-0.39, 0.29) is 17.4 Å². The van der Waals surface area contributed by atoms with Crippen molar-refractivity contribution in [2.24, 2.45) is 11.3 Å². The van der Waals surface area contributed by atoms with Gasteiger partial charge in [0, 0.05) is 19.1 Å². The summed E-state index contributed by atoms with van der Waals surface area (Å²) >= 11 is 6.94. The molecule has 27 heavy (non-hydrogen) atoms. The SMILES string of the molecule is CC(C(=O)NCC1CCCOC1C(C)(C)C)n1c(-c2cccs2)n[nH]c1=S. The van der Waals surface area contributed by atoms with Crippen LogP contribution in [0, 0.1) is 16.1 Å². The van der Waals surface area contributed by atoms with Gasteiger partial charge in [-0.3, -0.25) is 14.5 Å². The summed E-state index contributed by atoms with van der Waals surface area (Å²) in [4.78, 5) is 13.8. The lowest BCUT2D eigenvalue weighted by molar-refractivity contribution is -0.125. The summed E-state index contributed by atoms with van der Waals surface area (Å²) in [5.41, 5.74) is 0.0564. The molecule has 6 nitrogen and oxygen atoms in total. The maximum atomic E-state index is 12.9. The molecule has 0 bridgehead atoms. The number of aromatic amines is 1. The van der Waals surface area contributed by atoms with Crippen LogP contribution in [0.2, 0.25) is 0 Å². The first-order chi connectivity index (χ1) is 12.8. The summed E-state index contributed by atoms with van der Waals surface area (Å²) in [5.74, 6) is 0.971. The molecule has 2 aromatic heterocycles. The van der Waals surface area contributed by atoms with E-state index in [0.717, 1.165) is 24.3 Å². The smallest absolute Gasteiger partial charge is 0.242 e. The first-order valence-corrected chi connectivity index (χ1v) is 10.7.